The van der Waals surface area contributed by atoms with Crippen LogP contribution in [0, 0.1) is 6.92 Å². The fourth-order valence-electron chi connectivity index (χ4n) is 2.85. The van der Waals surface area contributed by atoms with Crippen molar-refractivity contribution in [3.63, 3.8) is 0 Å². The number of aryl methyl sites for hydroxylation is 1. The van der Waals surface area contributed by atoms with E-state index in [0.717, 1.165) is 22.5 Å². The summed E-state index contributed by atoms with van der Waals surface area (Å²) in [6, 6.07) is 15.7. The second-order valence-electron chi connectivity index (χ2n) is 5.61. The number of nitrogens with zero attached hydrogens (tertiary/aromatic N) is 2. The van der Waals surface area contributed by atoms with E-state index in [1.54, 1.807) is 18.2 Å². The smallest absolute Gasteiger partial charge is 0.240 e. The number of hydrogen-bond acceptors (Lipinski definition) is 4. The molecule has 126 valence electrons. The molecule has 1 aliphatic rings. The zero-order chi connectivity index (χ0) is 17.7. The molecule has 1 aliphatic heterocycles. The van der Waals surface area contributed by atoms with Gasteiger partial charge in [-0.05, 0) is 42.0 Å². The van der Waals surface area contributed by atoms with Gasteiger partial charge in [0.25, 0.3) is 0 Å². The average molecular weight is 341 g/mol. The highest BCUT2D eigenvalue weighted by Crippen LogP contribution is 2.34. The van der Waals surface area contributed by atoms with Gasteiger partial charge in [-0.2, -0.15) is 17.7 Å². The first-order valence-corrected chi connectivity index (χ1v) is 8.69. The Hall–Kier alpha value is -2.27. The largest absolute Gasteiger partial charge is 0.399 e. The standard InChI is InChI=1S/C18H19N3O.CH4S/c1-12-5-3-4-6-16(12)18-11-17(20-21(18)13(2)22)14-7-9-15(19)10-8-14;1-2/h3-10,18H,11,19H2,1-2H3;2H,1H3. The third-order valence-corrected chi connectivity index (χ3v) is 4.02. The van der Waals surface area contributed by atoms with Crippen molar-refractivity contribution in [3.8, 4) is 0 Å². The molecule has 3 rings (SSSR count). The van der Waals surface area contributed by atoms with Crippen molar-refractivity contribution in [3.05, 3.63) is 65.2 Å². The van der Waals surface area contributed by atoms with E-state index in [-0.39, 0.29) is 11.9 Å². The summed E-state index contributed by atoms with van der Waals surface area (Å²) in [5, 5.41) is 6.14. The van der Waals surface area contributed by atoms with Gasteiger partial charge in [0.1, 0.15) is 0 Å². The first-order valence-electron chi connectivity index (χ1n) is 7.79. The summed E-state index contributed by atoms with van der Waals surface area (Å²) < 4.78 is 0. The van der Waals surface area contributed by atoms with E-state index in [9.17, 15) is 4.79 Å². The van der Waals surface area contributed by atoms with Crippen LogP contribution in [0.3, 0.4) is 0 Å². The number of anilines is 1. The molecule has 0 bridgehead atoms. The summed E-state index contributed by atoms with van der Waals surface area (Å²) in [4.78, 5) is 12.0. The number of rotatable bonds is 2. The lowest BCUT2D eigenvalue weighted by atomic mass is 9.95. The quantitative estimate of drug-likeness (QED) is 0.644. The number of benzene rings is 2. The third-order valence-electron chi connectivity index (χ3n) is 4.02. The van der Waals surface area contributed by atoms with Gasteiger partial charge in [-0.15, -0.1) is 0 Å². The SMILES string of the molecule is CC(=O)N1N=C(c2ccc(N)cc2)CC1c1ccccc1C.CS. The Balaban J connectivity index is 0.00000100. The lowest BCUT2D eigenvalue weighted by Gasteiger charge is -2.22. The molecule has 0 aromatic heterocycles. The summed E-state index contributed by atoms with van der Waals surface area (Å²) >= 11 is 3.53. The summed E-state index contributed by atoms with van der Waals surface area (Å²) in [5.41, 5.74) is 10.7. The molecular formula is C19H23N3OS. The van der Waals surface area contributed by atoms with E-state index in [1.807, 2.05) is 36.4 Å². The maximum absolute atomic E-state index is 12.0. The molecule has 0 aliphatic carbocycles. The molecule has 1 unspecified atom stereocenters. The highest BCUT2D eigenvalue weighted by molar-refractivity contribution is 7.79. The van der Waals surface area contributed by atoms with Crippen molar-refractivity contribution in [2.24, 2.45) is 5.10 Å². The van der Waals surface area contributed by atoms with Gasteiger partial charge in [-0.1, -0.05) is 36.4 Å². The number of thiol groups is 1. The highest BCUT2D eigenvalue weighted by atomic mass is 32.1. The minimum atomic E-state index is -0.0429. The zero-order valence-corrected chi connectivity index (χ0v) is 15.1. The predicted octanol–water partition coefficient (Wildman–Crippen LogP) is 3.82. The Labute approximate surface area is 148 Å². The highest BCUT2D eigenvalue weighted by Gasteiger charge is 2.31. The van der Waals surface area contributed by atoms with E-state index >= 15 is 0 Å². The van der Waals surface area contributed by atoms with E-state index in [1.165, 1.54) is 5.56 Å². The minimum Gasteiger partial charge on any atom is -0.399 e. The van der Waals surface area contributed by atoms with Crippen LogP contribution in [0.5, 0.6) is 0 Å². The summed E-state index contributed by atoms with van der Waals surface area (Å²) in [6.07, 6.45) is 2.41. The normalized spacial score (nSPS) is 16.2. The van der Waals surface area contributed by atoms with E-state index in [0.29, 0.717) is 6.42 Å². The molecule has 0 radical (unpaired) electrons. The van der Waals surface area contributed by atoms with E-state index in [4.69, 9.17) is 5.73 Å². The van der Waals surface area contributed by atoms with Crippen LogP contribution in [-0.4, -0.2) is 22.9 Å². The van der Waals surface area contributed by atoms with Crippen LogP contribution in [-0.2, 0) is 4.79 Å². The first-order chi connectivity index (χ1) is 11.6. The lowest BCUT2D eigenvalue weighted by Crippen LogP contribution is -2.24. The van der Waals surface area contributed by atoms with Crippen LogP contribution < -0.4 is 5.73 Å². The average Bonchev–Trinajstić information content (AvgIpc) is 3.03. The lowest BCUT2D eigenvalue weighted by molar-refractivity contribution is -0.130. The Morgan fingerprint density at radius 1 is 1.17 bits per heavy atom. The third kappa shape index (κ3) is 3.79. The maximum atomic E-state index is 12.0. The number of nitrogens with two attached hydrogens (primary N) is 1. The van der Waals surface area contributed by atoms with Crippen molar-refractivity contribution >= 4 is 29.9 Å². The molecule has 4 nitrogen and oxygen atoms in total. The molecule has 1 atom stereocenters. The van der Waals surface area contributed by atoms with Crippen molar-refractivity contribution in [1.29, 1.82) is 0 Å². The van der Waals surface area contributed by atoms with Gasteiger partial charge in [0, 0.05) is 19.0 Å². The number of hydrazone groups is 1. The topological polar surface area (TPSA) is 58.7 Å². The minimum absolute atomic E-state index is 0.0359. The second kappa shape index (κ2) is 8.02. The Morgan fingerprint density at radius 2 is 1.79 bits per heavy atom. The van der Waals surface area contributed by atoms with Crippen LogP contribution in [0.4, 0.5) is 5.69 Å². The molecule has 5 heteroatoms. The fourth-order valence-corrected chi connectivity index (χ4v) is 2.85. The van der Waals surface area contributed by atoms with Crippen LogP contribution in [0.2, 0.25) is 0 Å². The zero-order valence-electron chi connectivity index (χ0n) is 14.2. The molecular weight excluding hydrogens is 318 g/mol. The van der Waals surface area contributed by atoms with Gasteiger partial charge in [0.05, 0.1) is 11.8 Å². The number of hydrogen-bond donors (Lipinski definition) is 2. The maximum Gasteiger partial charge on any atom is 0.240 e. The first kappa shape index (κ1) is 18.1. The number of carbonyl (C=O) groups is 1. The van der Waals surface area contributed by atoms with Crippen molar-refractivity contribution in [2.45, 2.75) is 26.3 Å². The van der Waals surface area contributed by atoms with Gasteiger partial charge in [-0.3, -0.25) is 4.79 Å². The van der Waals surface area contributed by atoms with Gasteiger partial charge < -0.3 is 5.73 Å². The Morgan fingerprint density at radius 3 is 2.38 bits per heavy atom. The number of amides is 1. The molecule has 1 heterocycles. The van der Waals surface area contributed by atoms with Crippen LogP contribution in [0.1, 0.15) is 36.1 Å². The van der Waals surface area contributed by atoms with E-state index < -0.39 is 0 Å². The molecule has 1 amide bonds. The van der Waals surface area contributed by atoms with Crippen LogP contribution in [0.15, 0.2) is 53.6 Å². The molecule has 2 aromatic carbocycles. The van der Waals surface area contributed by atoms with Crippen molar-refractivity contribution < 1.29 is 4.79 Å². The van der Waals surface area contributed by atoms with Crippen molar-refractivity contribution in [1.82, 2.24) is 5.01 Å². The summed E-state index contributed by atoms with van der Waals surface area (Å²) in [7, 11) is 0. The molecule has 0 fully saturated rings. The summed E-state index contributed by atoms with van der Waals surface area (Å²) in [5.74, 6) is -0.0429. The number of nitrogen functional groups attached to an aromatic ring is 1. The molecule has 24 heavy (non-hydrogen) atoms. The second-order valence-corrected chi connectivity index (χ2v) is 5.61. The fraction of sp³-hybridized carbons (Fsp3) is 0.263. The molecule has 2 aromatic rings. The van der Waals surface area contributed by atoms with Gasteiger partial charge in [0.15, 0.2) is 0 Å². The van der Waals surface area contributed by atoms with E-state index in [2.05, 4.69) is 36.8 Å². The Kier molecular flexibility index (Phi) is 6.04. The van der Waals surface area contributed by atoms with Gasteiger partial charge in [0.2, 0.25) is 5.91 Å². The molecule has 2 N–H and O–H groups in total. The monoisotopic (exact) mass is 341 g/mol. The van der Waals surface area contributed by atoms with Crippen LogP contribution >= 0.6 is 12.6 Å². The summed E-state index contributed by atoms with van der Waals surface area (Å²) in [6.45, 7) is 3.62. The van der Waals surface area contributed by atoms with Crippen molar-refractivity contribution in [2.75, 3.05) is 12.0 Å². The van der Waals surface area contributed by atoms with Gasteiger partial charge in [-0.25, -0.2) is 5.01 Å². The molecule has 0 spiro atoms. The van der Waals surface area contributed by atoms with Crippen LogP contribution in [0.25, 0.3) is 0 Å². The molecule has 0 saturated heterocycles. The van der Waals surface area contributed by atoms with Gasteiger partial charge >= 0.3 is 0 Å². The molecule has 0 saturated carbocycles. The Bertz CT molecular complexity index is 741. The predicted molar refractivity (Wildman–Crippen MR) is 103 cm³/mol. The number of carbonyl (C=O) groups excluding carboxylic acids is 1.